The Balaban J connectivity index is 2.47. The zero-order valence-electron chi connectivity index (χ0n) is 9.37. The minimum atomic E-state index is -0.947. The zero-order chi connectivity index (χ0) is 12.3. The fourth-order valence-electron chi connectivity index (χ4n) is 1.56. The minimum Gasteiger partial charge on any atom is -0.478 e. The lowest BCUT2D eigenvalue weighted by atomic mass is 10.1. The molecule has 1 N–H and O–H groups in total. The Morgan fingerprint density at radius 2 is 2.00 bits per heavy atom. The number of aliphatic carboxylic acids is 1. The number of aromatic nitrogens is 2. The number of carbonyl (C=O) groups is 1. The maximum Gasteiger partial charge on any atom is 0.336 e. The van der Waals surface area contributed by atoms with Crippen LogP contribution in [0.2, 0.25) is 0 Å². The first-order chi connectivity index (χ1) is 8.18. The average molecular weight is 228 g/mol. The van der Waals surface area contributed by atoms with Crippen LogP contribution in [0.1, 0.15) is 11.3 Å². The van der Waals surface area contributed by atoms with Gasteiger partial charge < -0.3 is 5.11 Å². The summed E-state index contributed by atoms with van der Waals surface area (Å²) in [5.41, 5.74) is 1.70. The quantitative estimate of drug-likeness (QED) is 0.818. The molecule has 0 unspecified atom stereocenters. The second-order valence-electron chi connectivity index (χ2n) is 3.61. The molecule has 0 saturated carbocycles. The number of benzene rings is 1. The van der Waals surface area contributed by atoms with Crippen LogP contribution in [-0.4, -0.2) is 20.9 Å². The Morgan fingerprint density at radius 3 is 2.53 bits per heavy atom. The van der Waals surface area contributed by atoms with E-state index in [0.29, 0.717) is 5.56 Å². The summed E-state index contributed by atoms with van der Waals surface area (Å²) >= 11 is 0. The van der Waals surface area contributed by atoms with Gasteiger partial charge in [-0.25, -0.2) is 4.79 Å². The van der Waals surface area contributed by atoms with E-state index in [-0.39, 0.29) is 5.57 Å². The largest absolute Gasteiger partial charge is 0.478 e. The van der Waals surface area contributed by atoms with Crippen LogP contribution in [0.3, 0.4) is 0 Å². The molecule has 0 atom stereocenters. The van der Waals surface area contributed by atoms with Gasteiger partial charge in [-0.15, -0.1) is 0 Å². The van der Waals surface area contributed by atoms with Gasteiger partial charge in [0.15, 0.2) is 0 Å². The van der Waals surface area contributed by atoms with Crippen LogP contribution in [0.5, 0.6) is 0 Å². The highest BCUT2D eigenvalue weighted by Gasteiger charge is 2.10. The van der Waals surface area contributed by atoms with Crippen molar-refractivity contribution in [2.45, 2.75) is 0 Å². The van der Waals surface area contributed by atoms with E-state index in [4.69, 9.17) is 0 Å². The van der Waals surface area contributed by atoms with E-state index in [1.54, 1.807) is 42.2 Å². The Bertz CT molecular complexity index is 556. The van der Waals surface area contributed by atoms with Crippen molar-refractivity contribution in [1.29, 1.82) is 0 Å². The van der Waals surface area contributed by atoms with Crippen molar-refractivity contribution in [3.05, 3.63) is 53.9 Å². The lowest BCUT2D eigenvalue weighted by molar-refractivity contribution is -0.130. The van der Waals surface area contributed by atoms with E-state index in [1.165, 1.54) is 0 Å². The summed E-state index contributed by atoms with van der Waals surface area (Å²) in [4.78, 5) is 11.2. The van der Waals surface area contributed by atoms with E-state index in [2.05, 4.69) is 5.10 Å². The van der Waals surface area contributed by atoms with E-state index in [0.717, 1.165) is 5.69 Å². The molecule has 1 aromatic heterocycles. The SMILES string of the molecule is Cn1nccc1/C=C(/C(=O)O)c1ccccc1. The summed E-state index contributed by atoms with van der Waals surface area (Å²) in [6.45, 7) is 0. The van der Waals surface area contributed by atoms with Crippen LogP contribution in [0.15, 0.2) is 42.6 Å². The molecule has 1 aromatic carbocycles. The van der Waals surface area contributed by atoms with Gasteiger partial charge in [0, 0.05) is 13.2 Å². The predicted octanol–water partition coefficient (Wildman–Crippen LogP) is 2.05. The molecule has 4 nitrogen and oxygen atoms in total. The van der Waals surface area contributed by atoms with Gasteiger partial charge in [-0.05, 0) is 17.7 Å². The maximum absolute atomic E-state index is 11.2. The van der Waals surface area contributed by atoms with Crippen LogP contribution in [0.4, 0.5) is 0 Å². The van der Waals surface area contributed by atoms with E-state index in [9.17, 15) is 9.90 Å². The molecule has 0 amide bonds. The number of carboxylic acids is 1. The van der Waals surface area contributed by atoms with Crippen LogP contribution >= 0.6 is 0 Å². The van der Waals surface area contributed by atoms with Gasteiger partial charge in [0.2, 0.25) is 0 Å². The fourth-order valence-corrected chi connectivity index (χ4v) is 1.56. The number of rotatable bonds is 3. The minimum absolute atomic E-state index is 0.259. The topological polar surface area (TPSA) is 55.1 Å². The highest BCUT2D eigenvalue weighted by atomic mass is 16.4. The molecule has 0 aliphatic carbocycles. The van der Waals surface area contributed by atoms with Crippen LogP contribution in [-0.2, 0) is 11.8 Å². The van der Waals surface area contributed by atoms with Gasteiger partial charge in [0.05, 0.1) is 11.3 Å². The standard InChI is InChI=1S/C13H12N2O2/c1-15-11(7-8-14-15)9-12(13(16)17)10-5-3-2-4-6-10/h2-9H,1H3,(H,16,17)/b12-9+. The van der Waals surface area contributed by atoms with Crippen molar-refractivity contribution in [3.63, 3.8) is 0 Å². The first kappa shape index (κ1) is 11.1. The molecule has 0 radical (unpaired) electrons. The highest BCUT2D eigenvalue weighted by molar-refractivity contribution is 6.20. The molecule has 0 spiro atoms. The first-order valence-corrected chi connectivity index (χ1v) is 5.17. The van der Waals surface area contributed by atoms with Crippen LogP contribution in [0, 0.1) is 0 Å². The third-order valence-electron chi connectivity index (χ3n) is 2.47. The summed E-state index contributed by atoms with van der Waals surface area (Å²) in [6, 6.07) is 10.8. The molecule has 2 rings (SSSR count). The van der Waals surface area contributed by atoms with E-state index >= 15 is 0 Å². The molecule has 17 heavy (non-hydrogen) atoms. The maximum atomic E-state index is 11.2. The number of hydrogen-bond donors (Lipinski definition) is 1. The Morgan fingerprint density at radius 1 is 1.29 bits per heavy atom. The smallest absolute Gasteiger partial charge is 0.336 e. The average Bonchev–Trinajstić information content (AvgIpc) is 2.72. The normalized spacial score (nSPS) is 11.5. The highest BCUT2D eigenvalue weighted by Crippen LogP contribution is 2.17. The second-order valence-corrected chi connectivity index (χ2v) is 3.61. The third-order valence-corrected chi connectivity index (χ3v) is 2.47. The molecule has 86 valence electrons. The molecule has 0 fully saturated rings. The molecular weight excluding hydrogens is 216 g/mol. The fraction of sp³-hybridized carbons (Fsp3) is 0.0769. The molecule has 1 heterocycles. The van der Waals surface area contributed by atoms with Gasteiger partial charge in [-0.2, -0.15) is 5.10 Å². The van der Waals surface area contributed by atoms with Crippen molar-refractivity contribution >= 4 is 17.6 Å². The molecule has 0 aliphatic heterocycles. The lowest BCUT2D eigenvalue weighted by Crippen LogP contribution is -2.01. The zero-order valence-corrected chi connectivity index (χ0v) is 9.37. The Hall–Kier alpha value is -2.36. The van der Waals surface area contributed by atoms with Crippen LogP contribution in [0.25, 0.3) is 11.6 Å². The van der Waals surface area contributed by atoms with Crippen molar-refractivity contribution in [2.75, 3.05) is 0 Å². The molecule has 4 heteroatoms. The summed E-state index contributed by atoms with van der Waals surface area (Å²) < 4.78 is 1.63. The third kappa shape index (κ3) is 2.42. The summed E-state index contributed by atoms with van der Waals surface area (Å²) in [6.07, 6.45) is 3.25. The number of carboxylic acid groups (broad SMARTS) is 1. The molecular formula is C13H12N2O2. The number of aryl methyl sites for hydroxylation is 1. The second kappa shape index (κ2) is 4.65. The van der Waals surface area contributed by atoms with E-state index in [1.807, 2.05) is 18.2 Å². The summed E-state index contributed by atoms with van der Waals surface area (Å²) in [5, 5.41) is 13.2. The Labute approximate surface area is 98.8 Å². The number of hydrogen-bond acceptors (Lipinski definition) is 2. The first-order valence-electron chi connectivity index (χ1n) is 5.17. The molecule has 0 aliphatic rings. The van der Waals surface area contributed by atoms with Crippen molar-refractivity contribution < 1.29 is 9.90 Å². The summed E-state index contributed by atoms with van der Waals surface area (Å²) in [5.74, 6) is -0.947. The van der Waals surface area contributed by atoms with Gasteiger partial charge in [0.25, 0.3) is 0 Å². The van der Waals surface area contributed by atoms with Gasteiger partial charge in [-0.3, -0.25) is 4.68 Å². The predicted molar refractivity (Wildman–Crippen MR) is 65.2 cm³/mol. The monoisotopic (exact) mass is 228 g/mol. The van der Waals surface area contributed by atoms with Gasteiger partial charge in [-0.1, -0.05) is 30.3 Å². The van der Waals surface area contributed by atoms with E-state index < -0.39 is 5.97 Å². The molecule has 2 aromatic rings. The Kier molecular flexibility index (Phi) is 3.05. The summed E-state index contributed by atoms with van der Waals surface area (Å²) in [7, 11) is 1.77. The van der Waals surface area contributed by atoms with Crippen molar-refractivity contribution in [2.24, 2.45) is 7.05 Å². The van der Waals surface area contributed by atoms with Gasteiger partial charge in [0.1, 0.15) is 0 Å². The van der Waals surface area contributed by atoms with Crippen LogP contribution < -0.4 is 0 Å². The van der Waals surface area contributed by atoms with Crippen molar-refractivity contribution in [3.8, 4) is 0 Å². The van der Waals surface area contributed by atoms with Crippen molar-refractivity contribution in [1.82, 2.24) is 9.78 Å². The molecule has 0 bridgehead atoms. The molecule has 0 saturated heterocycles. The number of nitrogens with zero attached hydrogens (tertiary/aromatic N) is 2. The lowest BCUT2D eigenvalue weighted by Gasteiger charge is -2.02. The van der Waals surface area contributed by atoms with Gasteiger partial charge >= 0.3 is 5.97 Å².